The molecule has 5 aliphatic rings. The molecule has 0 aromatic rings. The van der Waals surface area contributed by atoms with Gasteiger partial charge in [0.25, 0.3) is 0 Å². The fourth-order valence-corrected chi connectivity index (χ4v) is 8.29. The van der Waals surface area contributed by atoms with E-state index in [4.69, 9.17) is 4.74 Å². The van der Waals surface area contributed by atoms with Crippen molar-refractivity contribution in [1.29, 1.82) is 0 Å². The Hall–Kier alpha value is -1.32. The van der Waals surface area contributed by atoms with Crippen LogP contribution < -0.4 is 5.32 Å². The molecule has 8 atom stereocenters. The van der Waals surface area contributed by atoms with Gasteiger partial charge >= 0.3 is 5.97 Å². The number of carbonyl (C=O) groups excluding carboxylic acids is 2. The Morgan fingerprint density at radius 3 is 2.54 bits per heavy atom. The Kier molecular flexibility index (Phi) is 4.23. The number of nitrogens with one attached hydrogen (secondary N) is 1. The van der Waals surface area contributed by atoms with Crippen LogP contribution in [0.4, 0.5) is 0 Å². The van der Waals surface area contributed by atoms with E-state index in [1.807, 2.05) is 0 Å². The summed E-state index contributed by atoms with van der Waals surface area (Å²) in [6.45, 7) is 6.57. The highest BCUT2D eigenvalue weighted by Gasteiger charge is 2.60. The molecule has 0 aromatic heterocycles. The number of amides is 1. The highest BCUT2D eigenvalue weighted by atomic mass is 16.5. The third-order valence-corrected chi connectivity index (χ3v) is 9.70. The van der Waals surface area contributed by atoms with Crippen molar-refractivity contribution in [3.63, 3.8) is 0 Å². The number of fused-ring (bicyclic) bond motifs is 5. The van der Waals surface area contributed by atoms with Gasteiger partial charge in [0.1, 0.15) is 6.10 Å². The topological polar surface area (TPSA) is 55.4 Å². The van der Waals surface area contributed by atoms with Gasteiger partial charge in [-0.3, -0.25) is 9.59 Å². The van der Waals surface area contributed by atoms with E-state index in [9.17, 15) is 9.59 Å². The molecular formula is C24H35NO3. The SMILES string of the molecule is CC(=O)O[C@H]1CC[C@@]2(C)C(=CC[C@H]3[C@@H]4CC[C@H](C5CC(=O)N5)[C@@]4(C)CC[C@@H]32)C1. The van der Waals surface area contributed by atoms with Crippen LogP contribution in [0.1, 0.15) is 78.6 Å². The summed E-state index contributed by atoms with van der Waals surface area (Å²) in [7, 11) is 0. The predicted molar refractivity (Wildman–Crippen MR) is 107 cm³/mol. The number of carbonyl (C=O) groups is 2. The Balaban J connectivity index is 1.37. The van der Waals surface area contributed by atoms with E-state index in [1.165, 1.54) is 39.0 Å². The maximum atomic E-state index is 11.5. The number of esters is 1. The average molecular weight is 386 g/mol. The second-order valence-corrected chi connectivity index (χ2v) is 10.8. The molecule has 0 spiro atoms. The lowest BCUT2D eigenvalue weighted by molar-refractivity contribution is -0.149. The van der Waals surface area contributed by atoms with Gasteiger partial charge in [-0.2, -0.15) is 0 Å². The molecule has 1 amide bonds. The minimum atomic E-state index is -0.142. The van der Waals surface area contributed by atoms with Crippen LogP contribution >= 0.6 is 0 Å². The lowest BCUT2D eigenvalue weighted by atomic mass is 9.47. The average Bonchev–Trinajstić information content (AvgIpc) is 2.96. The Morgan fingerprint density at radius 1 is 1.07 bits per heavy atom. The molecule has 1 unspecified atom stereocenters. The maximum absolute atomic E-state index is 11.5. The summed E-state index contributed by atoms with van der Waals surface area (Å²) in [4.78, 5) is 22.9. The molecule has 4 nitrogen and oxygen atoms in total. The molecule has 4 heteroatoms. The molecule has 1 saturated heterocycles. The molecule has 1 heterocycles. The fraction of sp³-hybridized carbons (Fsp3) is 0.833. The molecule has 1 N–H and O–H groups in total. The van der Waals surface area contributed by atoms with Crippen LogP contribution in [-0.2, 0) is 14.3 Å². The van der Waals surface area contributed by atoms with Crippen molar-refractivity contribution in [1.82, 2.24) is 5.32 Å². The normalized spacial score (nSPS) is 49.7. The molecule has 0 bridgehead atoms. The fourth-order valence-electron chi connectivity index (χ4n) is 8.29. The minimum Gasteiger partial charge on any atom is -0.462 e. The largest absolute Gasteiger partial charge is 0.462 e. The number of β-lactam (4-membered cyclic amide) rings is 1. The molecule has 1 aliphatic heterocycles. The van der Waals surface area contributed by atoms with E-state index < -0.39 is 0 Å². The molecular weight excluding hydrogens is 350 g/mol. The molecule has 4 fully saturated rings. The van der Waals surface area contributed by atoms with E-state index >= 15 is 0 Å². The van der Waals surface area contributed by atoms with Gasteiger partial charge in [0.15, 0.2) is 0 Å². The number of hydrogen-bond donors (Lipinski definition) is 1. The Labute approximate surface area is 168 Å². The molecule has 3 saturated carbocycles. The van der Waals surface area contributed by atoms with E-state index in [1.54, 1.807) is 5.57 Å². The van der Waals surface area contributed by atoms with Crippen LogP contribution in [0.5, 0.6) is 0 Å². The van der Waals surface area contributed by atoms with E-state index in [-0.39, 0.29) is 18.0 Å². The van der Waals surface area contributed by atoms with Crippen LogP contribution in [0.2, 0.25) is 0 Å². The first kappa shape index (κ1) is 18.7. The van der Waals surface area contributed by atoms with Gasteiger partial charge in [-0.15, -0.1) is 0 Å². The van der Waals surface area contributed by atoms with Crippen LogP contribution in [0, 0.1) is 34.5 Å². The van der Waals surface area contributed by atoms with Crippen molar-refractivity contribution < 1.29 is 14.3 Å². The lowest BCUT2D eigenvalue weighted by Crippen LogP contribution is -2.58. The summed E-state index contributed by atoms with van der Waals surface area (Å²) < 4.78 is 5.56. The van der Waals surface area contributed by atoms with Crippen LogP contribution in [0.25, 0.3) is 0 Å². The van der Waals surface area contributed by atoms with Gasteiger partial charge in [0.2, 0.25) is 5.91 Å². The Bertz CT molecular complexity index is 721. The van der Waals surface area contributed by atoms with Crippen LogP contribution in [-0.4, -0.2) is 24.0 Å². The second-order valence-electron chi connectivity index (χ2n) is 10.8. The summed E-state index contributed by atoms with van der Waals surface area (Å²) in [5.41, 5.74) is 2.26. The molecule has 0 aromatic carbocycles. The van der Waals surface area contributed by atoms with Gasteiger partial charge in [-0.05, 0) is 79.4 Å². The monoisotopic (exact) mass is 385 g/mol. The van der Waals surface area contributed by atoms with Gasteiger partial charge in [-0.25, -0.2) is 0 Å². The molecule has 28 heavy (non-hydrogen) atoms. The zero-order valence-corrected chi connectivity index (χ0v) is 17.6. The van der Waals surface area contributed by atoms with E-state index in [0.29, 0.717) is 22.8 Å². The molecule has 5 rings (SSSR count). The van der Waals surface area contributed by atoms with Gasteiger partial charge < -0.3 is 10.1 Å². The number of rotatable bonds is 2. The second kappa shape index (κ2) is 6.34. The molecule has 154 valence electrons. The van der Waals surface area contributed by atoms with Gasteiger partial charge in [-0.1, -0.05) is 25.5 Å². The summed E-state index contributed by atoms with van der Waals surface area (Å²) >= 11 is 0. The third-order valence-electron chi connectivity index (χ3n) is 9.70. The first-order chi connectivity index (χ1) is 13.3. The smallest absolute Gasteiger partial charge is 0.302 e. The summed E-state index contributed by atoms with van der Waals surface area (Å²) in [5.74, 6) is 3.14. The van der Waals surface area contributed by atoms with Crippen molar-refractivity contribution >= 4 is 11.9 Å². The highest BCUT2D eigenvalue weighted by molar-refractivity contribution is 5.82. The number of hydrogen-bond acceptors (Lipinski definition) is 3. The lowest BCUT2D eigenvalue weighted by Gasteiger charge is -2.58. The van der Waals surface area contributed by atoms with E-state index in [0.717, 1.165) is 43.4 Å². The van der Waals surface area contributed by atoms with Gasteiger partial charge in [0, 0.05) is 25.8 Å². The zero-order chi connectivity index (χ0) is 19.7. The third kappa shape index (κ3) is 2.62. The first-order valence-corrected chi connectivity index (χ1v) is 11.5. The number of allylic oxidation sites excluding steroid dienone is 1. The maximum Gasteiger partial charge on any atom is 0.302 e. The minimum absolute atomic E-state index is 0.0836. The first-order valence-electron chi connectivity index (χ1n) is 11.5. The predicted octanol–water partition coefficient (Wildman–Crippen LogP) is 4.39. The molecule has 0 radical (unpaired) electrons. The number of ether oxygens (including phenoxy) is 1. The highest BCUT2D eigenvalue weighted by Crippen LogP contribution is 2.67. The quantitative estimate of drug-likeness (QED) is 0.436. The summed E-state index contributed by atoms with van der Waals surface area (Å²) in [5, 5.41) is 3.20. The molecule has 4 aliphatic carbocycles. The summed E-state index contributed by atoms with van der Waals surface area (Å²) in [6, 6.07) is 0.434. The van der Waals surface area contributed by atoms with Gasteiger partial charge in [0.05, 0.1) is 0 Å². The van der Waals surface area contributed by atoms with Crippen LogP contribution in [0.3, 0.4) is 0 Å². The van der Waals surface area contributed by atoms with Crippen molar-refractivity contribution in [2.45, 2.75) is 90.7 Å². The van der Waals surface area contributed by atoms with Crippen LogP contribution in [0.15, 0.2) is 11.6 Å². The standard InChI is InChI=1S/C24H35NO3/c1-14(26)28-16-8-10-23(2)15(12-16)4-5-17-18-6-7-20(21-13-22(27)25-21)24(18,3)11-9-19(17)23/h4,16-21H,5-13H2,1-3H3,(H,25,27)/t16-,17-,18-,19-,20+,21?,23-,24-/m0/s1. The van der Waals surface area contributed by atoms with Crippen molar-refractivity contribution in [3.8, 4) is 0 Å². The van der Waals surface area contributed by atoms with E-state index in [2.05, 4.69) is 25.2 Å². The van der Waals surface area contributed by atoms with Crippen molar-refractivity contribution in [3.05, 3.63) is 11.6 Å². The zero-order valence-electron chi connectivity index (χ0n) is 17.6. The van der Waals surface area contributed by atoms with Crippen molar-refractivity contribution in [2.75, 3.05) is 0 Å². The Morgan fingerprint density at radius 2 is 1.82 bits per heavy atom. The summed E-state index contributed by atoms with van der Waals surface area (Å²) in [6.07, 6.45) is 12.9. The van der Waals surface area contributed by atoms with Crippen molar-refractivity contribution in [2.24, 2.45) is 34.5 Å².